The van der Waals surface area contributed by atoms with Crippen LogP contribution in [0.1, 0.15) is 21.5 Å². The summed E-state index contributed by atoms with van der Waals surface area (Å²) < 4.78 is 0. The van der Waals surface area contributed by atoms with Crippen molar-refractivity contribution in [3.8, 4) is 0 Å². The molecule has 0 aliphatic rings. The molecule has 0 unspecified atom stereocenters. The molecule has 4 N–H and O–H groups in total. The molecule has 0 saturated carbocycles. The number of nitrogen functional groups attached to an aromatic ring is 1. The molecule has 0 aliphatic heterocycles. The summed E-state index contributed by atoms with van der Waals surface area (Å²) in [6.07, 6.45) is 0. The van der Waals surface area contributed by atoms with Crippen LogP contribution >= 0.6 is 0 Å². The molecule has 0 saturated heterocycles. The van der Waals surface area contributed by atoms with Crippen LogP contribution in [0.2, 0.25) is 0 Å². The minimum absolute atomic E-state index is 0.183. The van der Waals surface area contributed by atoms with E-state index in [0.29, 0.717) is 11.4 Å². The van der Waals surface area contributed by atoms with E-state index in [0.717, 1.165) is 5.69 Å². The highest BCUT2D eigenvalue weighted by atomic mass is 16.4. The standard InChI is InChI=1S/C15H16N2O2/c1-9-3-5-12(7-10(9)2)17-14-6-4-11(15(18)19)8-13(14)16/h3-8,17H,16H2,1-2H3,(H,18,19). The maximum atomic E-state index is 10.8. The first-order valence-electron chi connectivity index (χ1n) is 5.94. The molecule has 4 nitrogen and oxygen atoms in total. The summed E-state index contributed by atoms with van der Waals surface area (Å²) in [6.45, 7) is 4.09. The van der Waals surface area contributed by atoms with Gasteiger partial charge in [-0.3, -0.25) is 0 Å². The number of nitrogens with one attached hydrogen (secondary N) is 1. The fourth-order valence-corrected chi connectivity index (χ4v) is 1.78. The molecule has 0 aliphatic carbocycles. The zero-order valence-corrected chi connectivity index (χ0v) is 10.9. The molecule has 0 amide bonds. The molecule has 2 aromatic carbocycles. The van der Waals surface area contributed by atoms with Crippen LogP contribution in [0.15, 0.2) is 36.4 Å². The lowest BCUT2D eigenvalue weighted by Gasteiger charge is -2.11. The van der Waals surface area contributed by atoms with Gasteiger partial charge in [0, 0.05) is 5.69 Å². The predicted octanol–water partition coefficient (Wildman–Crippen LogP) is 3.33. The molecule has 2 rings (SSSR count). The number of nitrogens with two attached hydrogens (primary N) is 1. The second kappa shape index (κ2) is 5.02. The molecule has 98 valence electrons. The Morgan fingerprint density at radius 1 is 1.11 bits per heavy atom. The summed E-state index contributed by atoms with van der Waals surface area (Å²) in [7, 11) is 0. The van der Waals surface area contributed by atoms with Gasteiger partial charge in [-0.2, -0.15) is 0 Å². The van der Waals surface area contributed by atoms with E-state index in [1.54, 1.807) is 6.07 Å². The monoisotopic (exact) mass is 256 g/mol. The lowest BCUT2D eigenvalue weighted by molar-refractivity contribution is 0.0697. The maximum Gasteiger partial charge on any atom is 0.335 e. The van der Waals surface area contributed by atoms with Crippen LogP contribution in [0, 0.1) is 13.8 Å². The van der Waals surface area contributed by atoms with Gasteiger partial charge in [-0.05, 0) is 55.3 Å². The average molecular weight is 256 g/mol. The Bertz CT molecular complexity index is 636. The normalized spacial score (nSPS) is 10.2. The third-order valence-corrected chi connectivity index (χ3v) is 3.08. The van der Waals surface area contributed by atoms with Crippen molar-refractivity contribution in [3.63, 3.8) is 0 Å². The van der Waals surface area contributed by atoms with Crippen LogP contribution in [-0.4, -0.2) is 11.1 Å². The molecule has 0 bridgehead atoms. The SMILES string of the molecule is Cc1ccc(Nc2ccc(C(=O)O)cc2N)cc1C. The maximum absolute atomic E-state index is 10.8. The van der Waals surface area contributed by atoms with Crippen LogP contribution in [0.25, 0.3) is 0 Å². The van der Waals surface area contributed by atoms with Crippen LogP contribution in [0.4, 0.5) is 17.1 Å². The summed E-state index contributed by atoms with van der Waals surface area (Å²) in [5, 5.41) is 12.1. The van der Waals surface area contributed by atoms with Gasteiger partial charge >= 0.3 is 5.97 Å². The van der Waals surface area contributed by atoms with Crippen molar-refractivity contribution in [1.29, 1.82) is 0 Å². The quantitative estimate of drug-likeness (QED) is 0.736. The molecule has 0 atom stereocenters. The molecular weight excluding hydrogens is 240 g/mol. The largest absolute Gasteiger partial charge is 0.478 e. The summed E-state index contributed by atoms with van der Waals surface area (Å²) in [5.41, 5.74) is 10.5. The third kappa shape index (κ3) is 2.85. The number of benzene rings is 2. The van der Waals surface area contributed by atoms with E-state index in [9.17, 15) is 4.79 Å². The zero-order chi connectivity index (χ0) is 14.0. The highest BCUT2D eigenvalue weighted by Gasteiger charge is 2.06. The first kappa shape index (κ1) is 13.0. The number of anilines is 3. The van der Waals surface area contributed by atoms with E-state index in [4.69, 9.17) is 10.8 Å². The second-order valence-electron chi connectivity index (χ2n) is 4.53. The van der Waals surface area contributed by atoms with Crippen molar-refractivity contribution >= 4 is 23.0 Å². The van der Waals surface area contributed by atoms with Gasteiger partial charge in [0.25, 0.3) is 0 Å². The van der Waals surface area contributed by atoms with Crippen LogP contribution in [0.5, 0.6) is 0 Å². The van der Waals surface area contributed by atoms with Gasteiger partial charge in [0.05, 0.1) is 16.9 Å². The number of hydrogen-bond acceptors (Lipinski definition) is 3. The van der Waals surface area contributed by atoms with E-state index in [1.165, 1.54) is 23.3 Å². The first-order chi connectivity index (χ1) is 8.97. The van der Waals surface area contributed by atoms with Crippen LogP contribution < -0.4 is 11.1 Å². The zero-order valence-electron chi connectivity index (χ0n) is 10.9. The molecule has 2 aromatic rings. The van der Waals surface area contributed by atoms with Crippen LogP contribution in [-0.2, 0) is 0 Å². The van der Waals surface area contributed by atoms with Gasteiger partial charge in [-0.25, -0.2) is 4.79 Å². The number of rotatable bonds is 3. The second-order valence-corrected chi connectivity index (χ2v) is 4.53. The topological polar surface area (TPSA) is 75.3 Å². The molecule has 0 aromatic heterocycles. The Morgan fingerprint density at radius 2 is 1.84 bits per heavy atom. The first-order valence-corrected chi connectivity index (χ1v) is 5.94. The van der Waals surface area contributed by atoms with E-state index < -0.39 is 5.97 Å². The Hall–Kier alpha value is -2.49. The lowest BCUT2D eigenvalue weighted by Crippen LogP contribution is -2.01. The van der Waals surface area contributed by atoms with Crippen molar-refractivity contribution in [2.45, 2.75) is 13.8 Å². The molecule has 0 fully saturated rings. The molecule has 0 spiro atoms. The van der Waals surface area contributed by atoms with E-state index in [2.05, 4.69) is 12.2 Å². The Morgan fingerprint density at radius 3 is 2.42 bits per heavy atom. The number of carboxylic acids is 1. The number of aryl methyl sites for hydroxylation is 2. The summed E-state index contributed by atoms with van der Waals surface area (Å²) in [5.74, 6) is -0.982. The minimum Gasteiger partial charge on any atom is -0.478 e. The number of aromatic carboxylic acids is 1. The summed E-state index contributed by atoms with van der Waals surface area (Å²) in [4.78, 5) is 10.8. The minimum atomic E-state index is -0.982. The number of carbonyl (C=O) groups is 1. The van der Waals surface area contributed by atoms with Gasteiger partial charge in [-0.1, -0.05) is 6.07 Å². The van der Waals surface area contributed by atoms with E-state index >= 15 is 0 Å². The van der Waals surface area contributed by atoms with Crippen molar-refractivity contribution < 1.29 is 9.90 Å². The fraction of sp³-hybridized carbons (Fsp3) is 0.133. The van der Waals surface area contributed by atoms with Gasteiger partial charge in [0.1, 0.15) is 0 Å². The highest BCUT2D eigenvalue weighted by molar-refractivity contribution is 5.90. The van der Waals surface area contributed by atoms with Gasteiger partial charge < -0.3 is 16.2 Å². The van der Waals surface area contributed by atoms with Crippen molar-refractivity contribution in [1.82, 2.24) is 0 Å². The average Bonchev–Trinajstić information content (AvgIpc) is 2.36. The molecule has 19 heavy (non-hydrogen) atoms. The van der Waals surface area contributed by atoms with Crippen molar-refractivity contribution in [3.05, 3.63) is 53.1 Å². The van der Waals surface area contributed by atoms with Crippen molar-refractivity contribution in [2.75, 3.05) is 11.1 Å². The summed E-state index contributed by atoms with van der Waals surface area (Å²) in [6, 6.07) is 10.7. The van der Waals surface area contributed by atoms with Gasteiger partial charge in [0.2, 0.25) is 0 Å². The highest BCUT2D eigenvalue weighted by Crippen LogP contribution is 2.25. The lowest BCUT2D eigenvalue weighted by atomic mass is 10.1. The van der Waals surface area contributed by atoms with E-state index in [1.807, 2.05) is 25.1 Å². The van der Waals surface area contributed by atoms with Gasteiger partial charge in [0.15, 0.2) is 0 Å². The molecule has 0 heterocycles. The Kier molecular flexibility index (Phi) is 3.42. The number of hydrogen-bond donors (Lipinski definition) is 3. The Labute approximate surface area is 111 Å². The number of carboxylic acid groups (broad SMARTS) is 1. The predicted molar refractivity (Wildman–Crippen MR) is 77.0 cm³/mol. The summed E-state index contributed by atoms with van der Waals surface area (Å²) >= 11 is 0. The van der Waals surface area contributed by atoms with E-state index in [-0.39, 0.29) is 5.56 Å². The Balaban J connectivity index is 2.28. The molecule has 0 radical (unpaired) electrons. The molecular formula is C15H16N2O2. The molecule has 4 heteroatoms. The van der Waals surface area contributed by atoms with Gasteiger partial charge in [-0.15, -0.1) is 0 Å². The third-order valence-electron chi connectivity index (χ3n) is 3.08. The van der Waals surface area contributed by atoms with Crippen molar-refractivity contribution in [2.24, 2.45) is 0 Å². The van der Waals surface area contributed by atoms with Crippen LogP contribution in [0.3, 0.4) is 0 Å². The fourth-order valence-electron chi connectivity index (χ4n) is 1.78. The smallest absolute Gasteiger partial charge is 0.335 e.